The number of fused-ring (bicyclic) bond motifs is 1. The minimum Gasteiger partial charge on any atom is -0.285 e. The first-order valence-corrected chi connectivity index (χ1v) is 10.4. The van der Waals surface area contributed by atoms with Gasteiger partial charge in [-0.3, -0.25) is 9.71 Å². The second kappa shape index (κ2) is 7.56. The van der Waals surface area contributed by atoms with Gasteiger partial charge in [0.15, 0.2) is 11.0 Å². The van der Waals surface area contributed by atoms with Crippen LogP contribution in [-0.4, -0.2) is 19.0 Å². The molecule has 142 valence electrons. The van der Waals surface area contributed by atoms with Crippen molar-refractivity contribution in [2.75, 3.05) is 4.72 Å². The summed E-state index contributed by atoms with van der Waals surface area (Å²) < 4.78 is 17.8. The number of hydrogen-bond donors (Lipinski definition) is 1. The van der Waals surface area contributed by atoms with Gasteiger partial charge >= 0.3 is 0 Å². The lowest BCUT2D eigenvalue weighted by atomic mass is 10.0. The summed E-state index contributed by atoms with van der Waals surface area (Å²) in [4.78, 5) is 5.14. The quantitative estimate of drug-likeness (QED) is 0.522. The molecule has 0 spiro atoms. The van der Waals surface area contributed by atoms with Gasteiger partial charge in [-0.25, -0.2) is 8.89 Å². The number of nitrogens with one attached hydrogen (secondary N) is 1. The molecule has 1 atom stereocenters. The number of nitrogens with zero attached hydrogens (tertiary/aromatic N) is 3. The highest BCUT2D eigenvalue weighted by atomic mass is 32.2. The minimum absolute atomic E-state index is 0.444. The Bertz CT molecular complexity index is 1140. The van der Waals surface area contributed by atoms with Gasteiger partial charge in [-0.05, 0) is 54.8 Å². The molecule has 4 rings (SSSR count). The van der Waals surface area contributed by atoms with E-state index in [1.807, 2.05) is 67.6 Å². The van der Waals surface area contributed by atoms with Crippen LogP contribution in [0.2, 0.25) is 0 Å². The molecular formula is C22H22N4OS. The first-order valence-electron chi connectivity index (χ1n) is 9.22. The van der Waals surface area contributed by atoms with E-state index in [1.165, 1.54) is 5.56 Å². The van der Waals surface area contributed by atoms with E-state index in [9.17, 15) is 4.21 Å². The molecule has 0 aliphatic carbocycles. The van der Waals surface area contributed by atoms with Crippen LogP contribution in [0.3, 0.4) is 0 Å². The molecule has 0 aliphatic rings. The maximum atomic E-state index is 12.9. The molecule has 0 saturated heterocycles. The molecular weight excluding hydrogens is 368 g/mol. The summed E-state index contributed by atoms with van der Waals surface area (Å²) in [5, 5.41) is 5.60. The molecule has 2 aromatic carbocycles. The molecule has 0 amide bonds. The van der Waals surface area contributed by atoms with E-state index in [2.05, 4.69) is 28.7 Å². The van der Waals surface area contributed by atoms with Gasteiger partial charge in [-0.15, -0.1) is 0 Å². The molecule has 28 heavy (non-hydrogen) atoms. The van der Waals surface area contributed by atoms with Crippen LogP contribution < -0.4 is 4.72 Å². The van der Waals surface area contributed by atoms with E-state index in [0.717, 1.165) is 27.2 Å². The first kappa shape index (κ1) is 18.4. The van der Waals surface area contributed by atoms with Crippen LogP contribution in [0.4, 0.5) is 5.82 Å². The van der Waals surface area contributed by atoms with Gasteiger partial charge in [0.25, 0.3) is 0 Å². The molecule has 0 radical (unpaired) electrons. The fourth-order valence-electron chi connectivity index (χ4n) is 3.16. The normalized spacial score (nSPS) is 12.4. The van der Waals surface area contributed by atoms with E-state index < -0.39 is 11.0 Å². The van der Waals surface area contributed by atoms with E-state index in [-0.39, 0.29) is 0 Å². The third-order valence-electron chi connectivity index (χ3n) is 4.64. The highest BCUT2D eigenvalue weighted by Gasteiger charge is 2.14. The Morgan fingerprint density at radius 2 is 1.82 bits per heavy atom. The lowest BCUT2D eigenvalue weighted by Crippen LogP contribution is -2.10. The number of benzene rings is 2. The molecule has 2 heterocycles. The van der Waals surface area contributed by atoms with Crippen molar-refractivity contribution in [3.63, 3.8) is 0 Å². The van der Waals surface area contributed by atoms with Gasteiger partial charge in [0, 0.05) is 17.6 Å². The Morgan fingerprint density at radius 3 is 2.57 bits per heavy atom. The molecule has 0 fully saturated rings. The number of anilines is 1. The summed E-state index contributed by atoms with van der Waals surface area (Å²) in [7, 11) is -1.39. The van der Waals surface area contributed by atoms with Crippen molar-refractivity contribution < 1.29 is 4.21 Å². The average molecular weight is 391 g/mol. The van der Waals surface area contributed by atoms with Crippen LogP contribution >= 0.6 is 0 Å². The Morgan fingerprint density at radius 1 is 1.04 bits per heavy atom. The van der Waals surface area contributed by atoms with Crippen LogP contribution in [0.5, 0.6) is 0 Å². The summed E-state index contributed by atoms with van der Waals surface area (Å²) in [5.41, 5.74) is 3.86. The zero-order valence-corrected chi connectivity index (χ0v) is 16.9. The number of aromatic nitrogens is 3. The van der Waals surface area contributed by atoms with Gasteiger partial charge in [0.2, 0.25) is 0 Å². The highest BCUT2D eigenvalue weighted by Crippen LogP contribution is 2.25. The van der Waals surface area contributed by atoms with Gasteiger partial charge in [-0.1, -0.05) is 32.0 Å². The van der Waals surface area contributed by atoms with E-state index in [0.29, 0.717) is 11.7 Å². The van der Waals surface area contributed by atoms with Crippen molar-refractivity contribution in [3.8, 4) is 5.69 Å². The molecule has 0 aliphatic heterocycles. The minimum atomic E-state index is -1.39. The monoisotopic (exact) mass is 390 g/mol. The van der Waals surface area contributed by atoms with Gasteiger partial charge in [-0.2, -0.15) is 5.10 Å². The molecule has 0 saturated carbocycles. The summed E-state index contributed by atoms with van der Waals surface area (Å²) in [6.45, 7) is 6.21. The van der Waals surface area contributed by atoms with Crippen molar-refractivity contribution >= 4 is 27.7 Å². The van der Waals surface area contributed by atoms with E-state index >= 15 is 0 Å². The van der Waals surface area contributed by atoms with Crippen LogP contribution in [0.15, 0.2) is 71.8 Å². The van der Waals surface area contributed by atoms with Crippen LogP contribution in [0.1, 0.15) is 31.0 Å². The van der Waals surface area contributed by atoms with Gasteiger partial charge in [0.05, 0.1) is 21.8 Å². The fraction of sp³-hybridized carbons (Fsp3) is 0.182. The number of rotatable bonds is 5. The lowest BCUT2D eigenvalue weighted by Gasteiger charge is -2.12. The van der Waals surface area contributed by atoms with Crippen molar-refractivity contribution in [3.05, 3.63) is 78.1 Å². The molecule has 1 N–H and O–H groups in total. The fourth-order valence-corrected chi connectivity index (χ4v) is 3.99. The molecule has 2 aromatic heterocycles. The van der Waals surface area contributed by atoms with Gasteiger partial charge in [0.1, 0.15) is 5.82 Å². The Hall–Kier alpha value is -2.99. The third-order valence-corrected chi connectivity index (χ3v) is 5.74. The predicted octanol–water partition coefficient (Wildman–Crippen LogP) is 4.99. The summed E-state index contributed by atoms with van der Waals surface area (Å²) in [6, 6.07) is 19.6. The standard InChI is InChI=1S/C22H22N4OS/c1-15(2)17-9-11-18(12-10-17)28(27)25-22-14-16(3)24-26(22)21-8-4-7-20-19(21)6-5-13-23-20/h4-15,25H,1-3H3. The summed E-state index contributed by atoms with van der Waals surface area (Å²) in [5.74, 6) is 1.12. The first-order chi connectivity index (χ1) is 13.5. The zero-order chi connectivity index (χ0) is 19.7. The average Bonchev–Trinajstić information content (AvgIpc) is 3.07. The van der Waals surface area contributed by atoms with Crippen LogP contribution in [0, 0.1) is 6.92 Å². The predicted molar refractivity (Wildman–Crippen MR) is 114 cm³/mol. The number of aryl methyl sites for hydroxylation is 1. The van der Waals surface area contributed by atoms with Crippen molar-refractivity contribution in [1.29, 1.82) is 0 Å². The lowest BCUT2D eigenvalue weighted by molar-refractivity contribution is 0.685. The van der Waals surface area contributed by atoms with Crippen LogP contribution in [-0.2, 0) is 11.0 Å². The van der Waals surface area contributed by atoms with Crippen molar-refractivity contribution in [2.45, 2.75) is 31.6 Å². The van der Waals surface area contributed by atoms with Gasteiger partial charge < -0.3 is 0 Å². The topological polar surface area (TPSA) is 59.8 Å². The second-order valence-electron chi connectivity index (χ2n) is 7.02. The number of pyridine rings is 1. The SMILES string of the molecule is Cc1cc(NS(=O)c2ccc(C(C)C)cc2)n(-c2cccc3ncccc23)n1. The maximum Gasteiger partial charge on any atom is 0.151 e. The maximum absolute atomic E-state index is 12.9. The zero-order valence-electron chi connectivity index (χ0n) is 16.1. The summed E-state index contributed by atoms with van der Waals surface area (Å²) >= 11 is 0. The summed E-state index contributed by atoms with van der Waals surface area (Å²) in [6.07, 6.45) is 1.77. The highest BCUT2D eigenvalue weighted by molar-refractivity contribution is 7.86. The van der Waals surface area contributed by atoms with Crippen molar-refractivity contribution in [2.24, 2.45) is 0 Å². The van der Waals surface area contributed by atoms with Crippen LogP contribution in [0.25, 0.3) is 16.6 Å². The molecule has 0 bridgehead atoms. The third kappa shape index (κ3) is 3.55. The Balaban J connectivity index is 1.69. The molecule has 6 heteroatoms. The molecule has 5 nitrogen and oxygen atoms in total. The van der Waals surface area contributed by atoms with Crippen molar-refractivity contribution in [1.82, 2.24) is 14.8 Å². The Kier molecular flexibility index (Phi) is 4.96. The molecule has 1 unspecified atom stereocenters. The second-order valence-corrected chi connectivity index (χ2v) is 8.24. The van der Waals surface area contributed by atoms with E-state index in [4.69, 9.17) is 0 Å². The number of hydrogen-bond acceptors (Lipinski definition) is 3. The Labute approximate surface area is 167 Å². The van der Waals surface area contributed by atoms with E-state index in [1.54, 1.807) is 10.9 Å². The largest absolute Gasteiger partial charge is 0.285 e. The molecule has 4 aromatic rings. The smallest absolute Gasteiger partial charge is 0.151 e.